The van der Waals surface area contributed by atoms with Crippen LogP contribution in [-0.2, 0) is 0 Å². The van der Waals surface area contributed by atoms with Crippen LogP contribution in [0.15, 0.2) is 55.2 Å². The molecule has 25 heavy (non-hydrogen) atoms. The molecule has 0 atom stereocenters. The first kappa shape index (κ1) is 16.5. The number of anilines is 1. The van der Waals surface area contributed by atoms with Crippen molar-refractivity contribution in [2.45, 2.75) is 6.43 Å². The maximum Gasteiger partial charge on any atom is 0.274 e. The Morgan fingerprint density at radius 2 is 2.04 bits per heavy atom. The van der Waals surface area contributed by atoms with Crippen LogP contribution in [-0.4, -0.2) is 38.7 Å². The summed E-state index contributed by atoms with van der Waals surface area (Å²) in [6.45, 7) is -0.741. The minimum Gasteiger partial charge on any atom is -0.488 e. The largest absolute Gasteiger partial charge is 0.488 e. The second-order valence-corrected chi connectivity index (χ2v) is 4.92. The van der Waals surface area contributed by atoms with Gasteiger partial charge in [-0.3, -0.25) is 9.78 Å². The van der Waals surface area contributed by atoms with E-state index in [4.69, 9.17) is 4.74 Å². The molecule has 0 unspecified atom stereocenters. The zero-order valence-electron chi connectivity index (χ0n) is 12.8. The molecule has 0 fully saturated rings. The quantitative estimate of drug-likeness (QED) is 0.742. The molecule has 3 rings (SSSR count). The van der Waals surface area contributed by atoms with Crippen LogP contribution in [0.1, 0.15) is 10.5 Å². The molecular weight excluding hydrogens is 332 g/mol. The van der Waals surface area contributed by atoms with Crippen molar-refractivity contribution in [1.29, 1.82) is 0 Å². The predicted molar refractivity (Wildman–Crippen MR) is 85.0 cm³/mol. The number of halogens is 2. The van der Waals surface area contributed by atoms with Crippen molar-refractivity contribution in [3.63, 3.8) is 0 Å². The van der Waals surface area contributed by atoms with Crippen molar-refractivity contribution in [2.75, 3.05) is 11.9 Å². The normalized spacial score (nSPS) is 10.7. The Hall–Kier alpha value is -3.36. The number of carbonyl (C=O) groups excluding carboxylic acids is 1. The highest BCUT2D eigenvalue weighted by Crippen LogP contribution is 2.16. The van der Waals surface area contributed by atoms with E-state index in [0.717, 1.165) is 5.69 Å². The van der Waals surface area contributed by atoms with Gasteiger partial charge in [0, 0.05) is 18.0 Å². The number of carbonyl (C=O) groups is 1. The minimum atomic E-state index is -2.59. The van der Waals surface area contributed by atoms with Gasteiger partial charge in [0.1, 0.15) is 30.7 Å². The molecule has 2 heterocycles. The van der Waals surface area contributed by atoms with Crippen LogP contribution >= 0.6 is 0 Å². The fourth-order valence-electron chi connectivity index (χ4n) is 2.02. The topological polar surface area (TPSA) is 81.9 Å². The molecule has 0 spiro atoms. The molecule has 1 N–H and O–H groups in total. The minimum absolute atomic E-state index is 0.0621. The Kier molecular flexibility index (Phi) is 4.93. The van der Waals surface area contributed by atoms with E-state index in [1.165, 1.54) is 24.7 Å². The number of nitrogens with one attached hydrogen (secondary N) is 1. The van der Waals surface area contributed by atoms with E-state index in [1.54, 1.807) is 35.3 Å². The number of benzene rings is 1. The first-order valence-corrected chi connectivity index (χ1v) is 7.25. The summed E-state index contributed by atoms with van der Waals surface area (Å²) in [5.74, 6) is -0.321. The lowest BCUT2D eigenvalue weighted by Gasteiger charge is -2.08. The number of nitrogens with zero attached hydrogens (tertiary/aromatic N) is 4. The molecular formula is C16H13F2N5O2. The summed E-state index contributed by atoms with van der Waals surface area (Å²) in [5.41, 5.74) is 1.40. The summed E-state index contributed by atoms with van der Waals surface area (Å²) in [4.78, 5) is 20.0. The average Bonchev–Trinajstić information content (AvgIpc) is 3.15. The lowest BCUT2D eigenvalue weighted by atomic mass is 10.2. The van der Waals surface area contributed by atoms with Crippen LogP contribution < -0.4 is 10.1 Å². The van der Waals surface area contributed by atoms with Gasteiger partial charge >= 0.3 is 0 Å². The fourth-order valence-corrected chi connectivity index (χ4v) is 2.02. The second kappa shape index (κ2) is 7.47. The SMILES string of the molecule is O=C(Nc1ccc(-n2cncn2)cc1)c1cc(OCC(F)F)ccn1. The van der Waals surface area contributed by atoms with Gasteiger partial charge in [-0.25, -0.2) is 18.4 Å². The molecule has 0 bridgehead atoms. The number of pyridine rings is 1. The number of alkyl halides is 2. The van der Waals surface area contributed by atoms with Crippen LogP contribution in [0, 0.1) is 0 Å². The van der Waals surface area contributed by atoms with Crippen LogP contribution in [0.5, 0.6) is 5.75 Å². The zero-order valence-corrected chi connectivity index (χ0v) is 12.8. The number of ether oxygens (including phenoxy) is 1. The van der Waals surface area contributed by atoms with Crippen molar-refractivity contribution < 1.29 is 18.3 Å². The van der Waals surface area contributed by atoms with Crippen LogP contribution in [0.2, 0.25) is 0 Å². The Morgan fingerprint density at radius 1 is 1.24 bits per heavy atom. The summed E-state index contributed by atoms with van der Waals surface area (Å²) in [5, 5.41) is 6.68. The third-order valence-corrected chi connectivity index (χ3v) is 3.15. The summed E-state index contributed by atoms with van der Waals surface area (Å²) >= 11 is 0. The van der Waals surface area contributed by atoms with Crippen molar-refractivity contribution in [2.24, 2.45) is 0 Å². The number of aromatic nitrogens is 4. The standard InChI is InChI=1S/C16H13F2N5O2/c17-15(18)8-25-13-5-6-20-14(7-13)16(24)22-11-1-3-12(4-2-11)23-10-19-9-21-23/h1-7,9-10,15H,8H2,(H,22,24). The first-order chi connectivity index (χ1) is 12.1. The Morgan fingerprint density at radius 3 is 2.72 bits per heavy atom. The van der Waals surface area contributed by atoms with Crippen molar-refractivity contribution in [3.05, 3.63) is 60.9 Å². The third kappa shape index (κ3) is 4.34. The summed E-state index contributed by atoms with van der Waals surface area (Å²) in [7, 11) is 0. The van der Waals surface area contributed by atoms with Crippen molar-refractivity contribution in [3.8, 4) is 11.4 Å². The van der Waals surface area contributed by atoms with Crippen molar-refractivity contribution in [1.82, 2.24) is 19.7 Å². The molecule has 1 amide bonds. The van der Waals surface area contributed by atoms with E-state index in [1.807, 2.05) is 0 Å². The number of rotatable bonds is 6. The van der Waals surface area contributed by atoms with Crippen LogP contribution in [0.25, 0.3) is 5.69 Å². The van der Waals surface area contributed by atoms with E-state index in [2.05, 4.69) is 20.4 Å². The number of hydrogen-bond donors (Lipinski definition) is 1. The number of amides is 1. The van der Waals surface area contributed by atoms with Gasteiger partial charge < -0.3 is 10.1 Å². The van der Waals surface area contributed by atoms with Gasteiger partial charge in [0.25, 0.3) is 12.3 Å². The van der Waals surface area contributed by atoms with E-state index < -0.39 is 18.9 Å². The maximum absolute atomic E-state index is 12.2. The molecule has 0 radical (unpaired) electrons. The van der Waals surface area contributed by atoms with Gasteiger partial charge in [0.05, 0.1) is 5.69 Å². The monoisotopic (exact) mass is 345 g/mol. The maximum atomic E-state index is 12.2. The van der Waals surface area contributed by atoms with Gasteiger partial charge in [-0.05, 0) is 30.3 Å². The van der Waals surface area contributed by atoms with Crippen LogP contribution in [0.3, 0.4) is 0 Å². The molecule has 0 aliphatic carbocycles. The van der Waals surface area contributed by atoms with Gasteiger partial charge in [0.15, 0.2) is 0 Å². The van der Waals surface area contributed by atoms with Crippen molar-refractivity contribution >= 4 is 11.6 Å². The third-order valence-electron chi connectivity index (χ3n) is 3.15. The smallest absolute Gasteiger partial charge is 0.274 e. The Bertz CT molecular complexity index is 838. The molecule has 3 aromatic rings. The Balaban J connectivity index is 1.66. The summed E-state index contributed by atoms with van der Waals surface area (Å²) in [6.07, 6.45) is 1.71. The fraction of sp³-hybridized carbons (Fsp3) is 0.125. The van der Waals surface area contributed by atoms with Gasteiger partial charge in [-0.2, -0.15) is 5.10 Å². The lowest BCUT2D eigenvalue weighted by molar-refractivity contribution is 0.0818. The molecule has 1 aromatic carbocycles. The van der Waals surface area contributed by atoms with E-state index in [-0.39, 0.29) is 11.4 Å². The highest BCUT2D eigenvalue weighted by atomic mass is 19.3. The van der Waals surface area contributed by atoms with Gasteiger partial charge in [0.2, 0.25) is 0 Å². The van der Waals surface area contributed by atoms with E-state index in [9.17, 15) is 13.6 Å². The lowest BCUT2D eigenvalue weighted by Crippen LogP contribution is -2.14. The second-order valence-electron chi connectivity index (χ2n) is 4.92. The average molecular weight is 345 g/mol. The zero-order chi connectivity index (χ0) is 17.6. The Labute approximate surface area is 141 Å². The molecule has 7 nitrogen and oxygen atoms in total. The van der Waals surface area contributed by atoms with E-state index >= 15 is 0 Å². The molecule has 9 heteroatoms. The van der Waals surface area contributed by atoms with Gasteiger partial charge in [-0.1, -0.05) is 0 Å². The number of hydrogen-bond acceptors (Lipinski definition) is 5. The molecule has 0 aliphatic rings. The van der Waals surface area contributed by atoms with Crippen LogP contribution in [0.4, 0.5) is 14.5 Å². The molecule has 0 saturated heterocycles. The molecule has 2 aromatic heterocycles. The highest BCUT2D eigenvalue weighted by Gasteiger charge is 2.10. The highest BCUT2D eigenvalue weighted by molar-refractivity contribution is 6.03. The molecule has 0 saturated carbocycles. The first-order valence-electron chi connectivity index (χ1n) is 7.25. The summed E-state index contributed by atoms with van der Waals surface area (Å²) in [6, 6.07) is 9.64. The molecule has 128 valence electrons. The predicted octanol–water partition coefficient (Wildman–Crippen LogP) is 2.56. The summed E-state index contributed by atoms with van der Waals surface area (Å²) < 4.78 is 30.8. The van der Waals surface area contributed by atoms with Gasteiger partial charge in [-0.15, -0.1) is 0 Å². The van der Waals surface area contributed by atoms with E-state index in [0.29, 0.717) is 5.69 Å². The molecule has 0 aliphatic heterocycles.